The highest BCUT2D eigenvalue weighted by molar-refractivity contribution is 7.09. The maximum atomic E-state index is 11.1. The molecule has 1 aromatic carbocycles. The first-order chi connectivity index (χ1) is 9.08. The van der Waals surface area contributed by atoms with Gasteiger partial charge in [-0.15, -0.1) is 11.3 Å². The maximum Gasteiger partial charge on any atom is 0.295 e. The lowest BCUT2D eigenvalue weighted by atomic mass is 10.1. The SMILES string of the molecule is Cc1cccc(NC(C)Cc2cccs2)c1[N+](=O)[O-]. The molecule has 0 bridgehead atoms. The Kier molecular flexibility index (Phi) is 4.16. The number of para-hydroxylation sites is 1. The first-order valence-corrected chi connectivity index (χ1v) is 6.99. The summed E-state index contributed by atoms with van der Waals surface area (Å²) in [6, 6.07) is 9.60. The molecule has 1 N–H and O–H groups in total. The lowest BCUT2D eigenvalue weighted by molar-refractivity contribution is -0.384. The number of nitro benzene ring substituents is 1. The number of thiophene rings is 1. The maximum absolute atomic E-state index is 11.1. The lowest BCUT2D eigenvalue weighted by Crippen LogP contribution is -2.18. The molecule has 5 heteroatoms. The predicted octanol–water partition coefficient (Wildman–Crippen LogP) is 4.01. The second-order valence-electron chi connectivity index (χ2n) is 4.56. The van der Waals surface area contributed by atoms with Crippen LogP contribution in [0.4, 0.5) is 11.4 Å². The Hall–Kier alpha value is -1.88. The molecule has 2 aromatic rings. The zero-order valence-corrected chi connectivity index (χ0v) is 11.7. The highest BCUT2D eigenvalue weighted by Gasteiger charge is 2.18. The third kappa shape index (κ3) is 3.32. The summed E-state index contributed by atoms with van der Waals surface area (Å²) in [5.41, 5.74) is 1.44. The van der Waals surface area contributed by atoms with Crippen molar-refractivity contribution < 1.29 is 4.92 Å². The minimum atomic E-state index is -0.324. The molecule has 1 atom stereocenters. The number of benzene rings is 1. The van der Waals surface area contributed by atoms with Gasteiger partial charge in [0.15, 0.2) is 0 Å². The molecular formula is C14H16N2O2S. The van der Waals surface area contributed by atoms with Gasteiger partial charge in [0.2, 0.25) is 0 Å². The van der Waals surface area contributed by atoms with Crippen LogP contribution in [0.15, 0.2) is 35.7 Å². The van der Waals surface area contributed by atoms with E-state index in [1.165, 1.54) is 4.88 Å². The molecule has 0 fully saturated rings. The summed E-state index contributed by atoms with van der Waals surface area (Å²) >= 11 is 1.70. The summed E-state index contributed by atoms with van der Waals surface area (Å²) in [4.78, 5) is 12.1. The van der Waals surface area contributed by atoms with Gasteiger partial charge in [0, 0.05) is 22.9 Å². The van der Waals surface area contributed by atoms with Crippen LogP contribution in [0.5, 0.6) is 0 Å². The number of anilines is 1. The van der Waals surface area contributed by atoms with Crippen LogP contribution >= 0.6 is 11.3 Å². The number of nitro groups is 1. The fourth-order valence-electron chi connectivity index (χ4n) is 2.06. The monoisotopic (exact) mass is 276 g/mol. The van der Waals surface area contributed by atoms with Gasteiger partial charge in [0.1, 0.15) is 5.69 Å². The molecule has 19 heavy (non-hydrogen) atoms. The van der Waals surface area contributed by atoms with E-state index >= 15 is 0 Å². The largest absolute Gasteiger partial charge is 0.377 e. The zero-order chi connectivity index (χ0) is 13.8. The molecule has 1 unspecified atom stereocenters. The molecule has 100 valence electrons. The number of nitrogens with zero attached hydrogens (tertiary/aromatic N) is 1. The van der Waals surface area contributed by atoms with Crippen molar-refractivity contribution in [3.63, 3.8) is 0 Å². The number of rotatable bonds is 5. The molecular weight excluding hydrogens is 260 g/mol. The van der Waals surface area contributed by atoms with Crippen LogP contribution in [-0.4, -0.2) is 11.0 Å². The Bertz CT molecular complexity index is 567. The first kappa shape index (κ1) is 13.5. The number of hydrogen-bond donors (Lipinski definition) is 1. The van der Waals surface area contributed by atoms with E-state index in [0.717, 1.165) is 6.42 Å². The van der Waals surface area contributed by atoms with Gasteiger partial charge in [0.05, 0.1) is 4.92 Å². The van der Waals surface area contributed by atoms with Gasteiger partial charge < -0.3 is 5.32 Å². The molecule has 4 nitrogen and oxygen atoms in total. The summed E-state index contributed by atoms with van der Waals surface area (Å²) in [6.45, 7) is 3.79. The number of nitrogens with one attached hydrogen (secondary N) is 1. The normalized spacial score (nSPS) is 12.1. The molecule has 1 aromatic heterocycles. The van der Waals surface area contributed by atoms with E-state index in [1.54, 1.807) is 30.4 Å². The van der Waals surface area contributed by atoms with Crippen LogP contribution in [-0.2, 0) is 6.42 Å². The third-order valence-electron chi connectivity index (χ3n) is 2.91. The van der Waals surface area contributed by atoms with E-state index in [-0.39, 0.29) is 16.7 Å². The topological polar surface area (TPSA) is 55.2 Å². The molecule has 1 heterocycles. The van der Waals surface area contributed by atoms with Gasteiger partial charge in [0.25, 0.3) is 5.69 Å². The van der Waals surface area contributed by atoms with Gasteiger partial charge in [-0.2, -0.15) is 0 Å². The number of hydrogen-bond acceptors (Lipinski definition) is 4. The second-order valence-corrected chi connectivity index (χ2v) is 5.59. The van der Waals surface area contributed by atoms with Crippen LogP contribution in [0.25, 0.3) is 0 Å². The van der Waals surface area contributed by atoms with E-state index in [1.807, 2.05) is 24.4 Å². The van der Waals surface area contributed by atoms with Crippen molar-refractivity contribution in [2.45, 2.75) is 26.3 Å². The molecule has 0 saturated carbocycles. The Balaban J connectivity index is 2.14. The van der Waals surface area contributed by atoms with Crippen LogP contribution in [0, 0.1) is 17.0 Å². The first-order valence-electron chi connectivity index (χ1n) is 6.11. The highest BCUT2D eigenvalue weighted by Crippen LogP contribution is 2.28. The van der Waals surface area contributed by atoms with Gasteiger partial charge in [-0.1, -0.05) is 18.2 Å². The van der Waals surface area contributed by atoms with E-state index < -0.39 is 0 Å². The Morgan fingerprint density at radius 2 is 2.16 bits per heavy atom. The highest BCUT2D eigenvalue weighted by atomic mass is 32.1. The van der Waals surface area contributed by atoms with Gasteiger partial charge in [-0.25, -0.2) is 0 Å². The molecule has 0 aliphatic heterocycles. The predicted molar refractivity (Wildman–Crippen MR) is 78.9 cm³/mol. The van der Waals surface area contributed by atoms with Crippen LogP contribution in [0.1, 0.15) is 17.4 Å². The average molecular weight is 276 g/mol. The summed E-state index contributed by atoms with van der Waals surface area (Å²) in [7, 11) is 0. The van der Waals surface area contributed by atoms with Crippen molar-refractivity contribution in [3.05, 3.63) is 56.3 Å². The fraction of sp³-hybridized carbons (Fsp3) is 0.286. The Labute approximate surface area is 116 Å². The van der Waals surface area contributed by atoms with Gasteiger partial charge in [-0.3, -0.25) is 10.1 Å². The fourth-order valence-corrected chi connectivity index (χ4v) is 2.90. The smallest absolute Gasteiger partial charge is 0.295 e. The minimum absolute atomic E-state index is 0.152. The van der Waals surface area contributed by atoms with Crippen molar-refractivity contribution >= 4 is 22.7 Å². The van der Waals surface area contributed by atoms with Gasteiger partial charge >= 0.3 is 0 Å². The van der Waals surface area contributed by atoms with Crippen molar-refractivity contribution in [1.82, 2.24) is 0 Å². The third-order valence-corrected chi connectivity index (χ3v) is 3.81. The summed E-state index contributed by atoms with van der Waals surface area (Å²) in [5.74, 6) is 0. The summed E-state index contributed by atoms with van der Waals surface area (Å²) in [6.07, 6.45) is 0.864. The summed E-state index contributed by atoms with van der Waals surface area (Å²) in [5, 5.41) is 16.4. The average Bonchev–Trinajstić information content (AvgIpc) is 2.81. The Morgan fingerprint density at radius 1 is 1.37 bits per heavy atom. The van der Waals surface area contributed by atoms with Crippen molar-refractivity contribution in [1.29, 1.82) is 0 Å². The van der Waals surface area contributed by atoms with Crippen LogP contribution < -0.4 is 5.32 Å². The molecule has 0 spiro atoms. The quantitative estimate of drug-likeness (QED) is 0.663. The van der Waals surface area contributed by atoms with Crippen molar-refractivity contribution in [2.24, 2.45) is 0 Å². The van der Waals surface area contributed by atoms with E-state index in [2.05, 4.69) is 11.4 Å². The standard InChI is InChI=1S/C14H16N2O2S/c1-10-5-3-7-13(14(10)16(17)18)15-11(2)9-12-6-4-8-19-12/h3-8,11,15H,9H2,1-2H3. The second kappa shape index (κ2) is 5.84. The van der Waals surface area contributed by atoms with E-state index in [0.29, 0.717) is 11.3 Å². The minimum Gasteiger partial charge on any atom is -0.377 e. The number of aryl methyl sites for hydroxylation is 1. The summed E-state index contributed by atoms with van der Waals surface area (Å²) < 4.78 is 0. The van der Waals surface area contributed by atoms with Crippen molar-refractivity contribution in [3.8, 4) is 0 Å². The van der Waals surface area contributed by atoms with Gasteiger partial charge in [-0.05, 0) is 31.4 Å². The molecule has 0 aliphatic rings. The lowest BCUT2D eigenvalue weighted by Gasteiger charge is -2.15. The van der Waals surface area contributed by atoms with Crippen molar-refractivity contribution in [2.75, 3.05) is 5.32 Å². The zero-order valence-electron chi connectivity index (χ0n) is 10.9. The van der Waals surface area contributed by atoms with Crippen LogP contribution in [0.2, 0.25) is 0 Å². The molecule has 0 saturated heterocycles. The molecule has 2 rings (SSSR count). The van der Waals surface area contributed by atoms with E-state index in [9.17, 15) is 10.1 Å². The molecule has 0 radical (unpaired) electrons. The molecule has 0 amide bonds. The Morgan fingerprint density at radius 3 is 2.79 bits per heavy atom. The van der Waals surface area contributed by atoms with Crippen LogP contribution in [0.3, 0.4) is 0 Å². The molecule has 0 aliphatic carbocycles. The van der Waals surface area contributed by atoms with E-state index in [4.69, 9.17) is 0 Å².